The molecule has 2 aromatic rings. The largest absolute Gasteiger partial charge is 0.466 e. The fraction of sp³-hybridized carbons (Fsp3) is 0.158. The van der Waals surface area contributed by atoms with Crippen LogP contribution in [0.15, 0.2) is 71.7 Å². The van der Waals surface area contributed by atoms with Crippen molar-refractivity contribution in [3.05, 3.63) is 83.4 Å². The number of hydrogen-bond acceptors (Lipinski definition) is 3. The normalized spacial score (nSPS) is 16.4. The average Bonchev–Trinajstić information content (AvgIpc) is 2.60. The summed E-state index contributed by atoms with van der Waals surface area (Å²) in [5.74, 6) is -0.402. The summed E-state index contributed by atoms with van der Waals surface area (Å²) in [6, 6.07) is 17.9. The van der Waals surface area contributed by atoms with Crippen LogP contribution in [0.5, 0.6) is 0 Å². The van der Waals surface area contributed by atoms with E-state index in [1.165, 1.54) is 12.7 Å². The maximum absolute atomic E-state index is 11.8. The fourth-order valence-corrected chi connectivity index (χ4v) is 2.70. The molecular weight excluding hydrogens is 274 g/mol. The molecule has 1 atom stereocenters. The maximum atomic E-state index is 11.8. The zero-order chi connectivity index (χ0) is 15.5. The Morgan fingerprint density at radius 3 is 2.55 bits per heavy atom. The molecule has 0 fully saturated rings. The van der Waals surface area contributed by atoms with Crippen molar-refractivity contribution in [2.24, 2.45) is 4.99 Å². The van der Waals surface area contributed by atoms with Crippen molar-refractivity contribution in [3.63, 3.8) is 0 Å². The smallest absolute Gasteiger partial charge is 0.335 e. The van der Waals surface area contributed by atoms with Crippen molar-refractivity contribution < 1.29 is 9.53 Å². The van der Waals surface area contributed by atoms with E-state index in [-0.39, 0.29) is 6.04 Å². The van der Waals surface area contributed by atoms with E-state index in [1.807, 2.05) is 42.5 Å². The zero-order valence-electron chi connectivity index (χ0n) is 12.5. The highest BCUT2D eigenvalue weighted by molar-refractivity contribution is 6.14. The van der Waals surface area contributed by atoms with E-state index in [0.29, 0.717) is 12.0 Å². The number of esters is 1. The van der Waals surface area contributed by atoms with Crippen LogP contribution in [-0.4, -0.2) is 24.8 Å². The highest BCUT2D eigenvalue weighted by atomic mass is 16.5. The van der Waals surface area contributed by atoms with Crippen LogP contribution in [0.4, 0.5) is 0 Å². The van der Waals surface area contributed by atoms with Crippen molar-refractivity contribution in [1.82, 2.24) is 0 Å². The van der Waals surface area contributed by atoms with Crippen molar-refractivity contribution in [2.75, 3.05) is 7.11 Å². The molecule has 3 rings (SSSR count). The van der Waals surface area contributed by atoms with Gasteiger partial charge in [-0.1, -0.05) is 61.2 Å². The van der Waals surface area contributed by atoms with Crippen molar-refractivity contribution in [2.45, 2.75) is 12.5 Å². The van der Waals surface area contributed by atoms with Gasteiger partial charge in [-0.25, -0.2) is 4.79 Å². The maximum Gasteiger partial charge on any atom is 0.335 e. The van der Waals surface area contributed by atoms with E-state index in [1.54, 1.807) is 0 Å². The molecule has 22 heavy (non-hydrogen) atoms. The molecule has 0 saturated heterocycles. The molecule has 1 unspecified atom stereocenters. The summed E-state index contributed by atoms with van der Waals surface area (Å²) in [5, 5.41) is 0. The number of fused-ring (bicyclic) bond motifs is 1. The first-order valence-corrected chi connectivity index (χ1v) is 7.19. The minimum atomic E-state index is -0.402. The Labute approximate surface area is 130 Å². The molecule has 0 amide bonds. The van der Waals surface area contributed by atoms with Gasteiger partial charge in [0, 0.05) is 11.1 Å². The predicted octanol–water partition coefficient (Wildman–Crippen LogP) is 3.18. The SMILES string of the molecule is C=C(C(=O)OC)C1Cc2ccccc2C(c2ccccc2)=N1. The lowest BCUT2D eigenvalue weighted by Crippen LogP contribution is -2.26. The quantitative estimate of drug-likeness (QED) is 0.643. The van der Waals surface area contributed by atoms with E-state index in [2.05, 4.69) is 18.7 Å². The van der Waals surface area contributed by atoms with Gasteiger partial charge in [-0.2, -0.15) is 0 Å². The molecule has 3 heteroatoms. The lowest BCUT2D eigenvalue weighted by molar-refractivity contribution is -0.136. The van der Waals surface area contributed by atoms with Gasteiger partial charge in [0.25, 0.3) is 0 Å². The molecule has 3 nitrogen and oxygen atoms in total. The number of ether oxygens (including phenoxy) is 1. The average molecular weight is 291 g/mol. The lowest BCUT2D eigenvalue weighted by Gasteiger charge is -2.24. The molecular formula is C19H17NO2. The Kier molecular flexibility index (Phi) is 3.88. The number of benzene rings is 2. The first-order valence-electron chi connectivity index (χ1n) is 7.19. The number of carbonyl (C=O) groups excluding carboxylic acids is 1. The monoisotopic (exact) mass is 291 g/mol. The summed E-state index contributed by atoms with van der Waals surface area (Å²) in [4.78, 5) is 16.6. The Morgan fingerprint density at radius 2 is 1.82 bits per heavy atom. The fourth-order valence-electron chi connectivity index (χ4n) is 2.70. The van der Waals surface area contributed by atoms with E-state index < -0.39 is 5.97 Å². The number of nitrogens with zero attached hydrogens (tertiary/aromatic N) is 1. The third-order valence-corrected chi connectivity index (χ3v) is 3.87. The Bertz CT molecular complexity index is 747. The van der Waals surface area contributed by atoms with Crippen LogP contribution in [0.25, 0.3) is 0 Å². The molecule has 0 spiro atoms. The van der Waals surface area contributed by atoms with Crippen LogP contribution >= 0.6 is 0 Å². The Hall–Kier alpha value is -2.68. The summed E-state index contributed by atoms with van der Waals surface area (Å²) >= 11 is 0. The molecule has 0 aliphatic carbocycles. The van der Waals surface area contributed by atoms with Gasteiger partial charge in [-0.05, 0) is 12.0 Å². The van der Waals surface area contributed by atoms with Gasteiger partial charge in [0.2, 0.25) is 0 Å². The molecule has 1 aliphatic rings. The number of rotatable bonds is 3. The minimum Gasteiger partial charge on any atom is -0.466 e. The number of aliphatic imine (C=N–C) groups is 1. The summed E-state index contributed by atoms with van der Waals surface area (Å²) < 4.78 is 4.79. The highest BCUT2D eigenvalue weighted by Gasteiger charge is 2.26. The third-order valence-electron chi connectivity index (χ3n) is 3.87. The molecule has 1 heterocycles. The van der Waals surface area contributed by atoms with Crippen LogP contribution in [0, 0.1) is 0 Å². The summed E-state index contributed by atoms with van der Waals surface area (Å²) in [6.07, 6.45) is 0.667. The van der Waals surface area contributed by atoms with Gasteiger partial charge >= 0.3 is 5.97 Å². The van der Waals surface area contributed by atoms with Crippen molar-refractivity contribution in [1.29, 1.82) is 0 Å². The van der Waals surface area contributed by atoms with Gasteiger partial charge < -0.3 is 4.74 Å². The number of methoxy groups -OCH3 is 1. The topological polar surface area (TPSA) is 38.7 Å². The van der Waals surface area contributed by atoms with Gasteiger partial charge in [0.15, 0.2) is 0 Å². The first kappa shape index (κ1) is 14.3. The molecule has 0 N–H and O–H groups in total. The van der Waals surface area contributed by atoms with Gasteiger partial charge in [-0.3, -0.25) is 4.99 Å². The number of carbonyl (C=O) groups is 1. The van der Waals surface area contributed by atoms with Crippen molar-refractivity contribution in [3.8, 4) is 0 Å². The molecule has 110 valence electrons. The van der Waals surface area contributed by atoms with E-state index in [0.717, 1.165) is 16.8 Å². The van der Waals surface area contributed by atoms with Gasteiger partial charge in [0.1, 0.15) is 0 Å². The third kappa shape index (κ3) is 2.58. The van der Waals surface area contributed by atoms with Crippen molar-refractivity contribution >= 4 is 11.7 Å². The standard InChI is InChI=1S/C19H17NO2/c1-13(19(21)22-2)17-12-15-10-6-7-11-16(15)18(20-17)14-8-4-3-5-9-14/h3-11,17H,1,12H2,2H3. The molecule has 0 bridgehead atoms. The molecule has 0 saturated carbocycles. The minimum absolute atomic E-state index is 0.280. The van der Waals surface area contributed by atoms with Crippen LogP contribution in [-0.2, 0) is 16.0 Å². The second-order valence-electron chi connectivity index (χ2n) is 5.24. The highest BCUT2D eigenvalue weighted by Crippen LogP contribution is 2.26. The van der Waals surface area contributed by atoms with Gasteiger partial charge in [-0.15, -0.1) is 0 Å². The van der Waals surface area contributed by atoms with Crippen LogP contribution in [0.1, 0.15) is 16.7 Å². The summed E-state index contributed by atoms with van der Waals surface area (Å²) in [7, 11) is 1.37. The second kappa shape index (κ2) is 5.98. The lowest BCUT2D eigenvalue weighted by atomic mass is 9.88. The summed E-state index contributed by atoms with van der Waals surface area (Å²) in [5.41, 5.74) is 4.62. The van der Waals surface area contributed by atoms with E-state index in [4.69, 9.17) is 9.73 Å². The predicted molar refractivity (Wildman–Crippen MR) is 87.2 cm³/mol. The zero-order valence-corrected chi connectivity index (χ0v) is 12.5. The van der Waals surface area contributed by atoms with E-state index >= 15 is 0 Å². The molecule has 0 aromatic heterocycles. The molecule has 0 radical (unpaired) electrons. The molecule has 2 aromatic carbocycles. The number of hydrogen-bond donors (Lipinski definition) is 0. The Morgan fingerprint density at radius 1 is 1.14 bits per heavy atom. The van der Waals surface area contributed by atoms with Crippen LogP contribution < -0.4 is 0 Å². The molecule has 1 aliphatic heterocycles. The van der Waals surface area contributed by atoms with Gasteiger partial charge in [0.05, 0.1) is 24.4 Å². The second-order valence-corrected chi connectivity index (χ2v) is 5.24. The summed E-state index contributed by atoms with van der Waals surface area (Å²) in [6.45, 7) is 3.87. The van der Waals surface area contributed by atoms with E-state index in [9.17, 15) is 4.79 Å². The first-order chi connectivity index (χ1) is 10.7. The van der Waals surface area contributed by atoms with Crippen LogP contribution in [0.2, 0.25) is 0 Å². The Balaban J connectivity index is 2.08. The van der Waals surface area contributed by atoms with Crippen LogP contribution in [0.3, 0.4) is 0 Å².